The van der Waals surface area contributed by atoms with Crippen LogP contribution in [-0.2, 0) is 11.0 Å². The summed E-state index contributed by atoms with van der Waals surface area (Å²) in [5.41, 5.74) is -1.37. The van der Waals surface area contributed by atoms with Crippen molar-refractivity contribution in [2.75, 3.05) is 0 Å². The fourth-order valence-electron chi connectivity index (χ4n) is 2.96. The Morgan fingerprint density at radius 3 is 2.58 bits per heavy atom. The molecular weight excluding hydrogens is 317 g/mol. The molecule has 24 heavy (non-hydrogen) atoms. The molecule has 2 rings (SSSR count). The summed E-state index contributed by atoms with van der Waals surface area (Å²) in [5, 5.41) is 12.0. The molecule has 0 saturated heterocycles. The van der Waals surface area contributed by atoms with Gasteiger partial charge in [0.15, 0.2) is 0 Å². The van der Waals surface area contributed by atoms with Crippen LogP contribution < -0.4 is 5.32 Å². The molecule has 1 amide bonds. The molecule has 6 heteroatoms. The Bertz CT molecular complexity index is 674. The van der Waals surface area contributed by atoms with Gasteiger partial charge in [0, 0.05) is 6.04 Å². The lowest BCUT2D eigenvalue weighted by Crippen LogP contribution is -2.41. The molecule has 1 fully saturated rings. The molecule has 1 N–H and O–H groups in total. The Balaban J connectivity index is 2.24. The molecule has 0 unspecified atom stereocenters. The molecule has 2 atom stereocenters. The predicted octanol–water partition coefficient (Wildman–Crippen LogP) is 4.31. The maximum absolute atomic E-state index is 13.0. The van der Waals surface area contributed by atoms with E-state index < -0.39 is 17.6 Å². The van der Waals surface area contributed by atoms with Crippen molar-refractivity contribution in [1.82, 2.24) is 5.32 Å². The highest BCUT2D eigenvalue weighted by Gasteiger charge is 2.33. The second-order valence-electron chi connectivity index (χ2n) is 6.10. The van der Waals surface area contributed by atoms with Crippen molar-refractivity contribution in [3.05, 3.63) is 41.0 Å². The summed E-state index contributed by atoms with van der Waals surface area (Å²) in [6.07, 6.45) is 0.386. The lowest BCUT2D eigenvalue weighted by atomic mass is 9.86. The standard InChI is InChI=1S/C18H19F3N2O/c1-12-6-2-5-9-16(12)23-17(24)14(11-22)10-13-7-3-4-8-15(13)18(19,20)21/h3-4,7-8,10,12,16H,2,5-6,9H2,1H3,(H,23,24)/b14-10+/t12-,16+/m0/s1. The normalized spacial score (nSPS) is 21.9. The minimum atomic E-state index is -4.54. The van der Waals surface area contributed by atoms with E-state index >= 15 is 0 Å². The van der Waals surface area contributed by atoms with E-state index in [1.54, 1.807) is 6.07 Å². The Kier molecular flexibility index (Phi) is 5.66. The third-order valence-corrected chi connectivity index (χ3v) is 4.36. The second kappa shape index (κ2) is 7.52. The van der Waals surface area contributed by atoms with E-state index in [4.69, 9.17) is 0 Å². The van der Waals surface area contributed by atoms with Crippen molar-refractivity contribution in [3.8, 4) is 6.07 Å². The number of amides is 1. The van der Waals surface area contributed by atoms with E-state index in [9.17, 15) is 23.2 Å². The summed E-state index contributed by atoms with van der Waals surface area (Å²) in [5.74, 6) is -0.321. The molecule has 1 aromatic rings. The lowest BCUT2D eigenvalue weighted by Gasteiger charge is -2.29. The summed E-state index contributed by atoms with van der Waals surface area (Å²) < 4.78 is 39.0. The van der Waals surface area contributed by atoms with Crippen LogP contribution in [-0.4, -0.2) is 11.9 Å². The summed E-state index contributed by atoms with van der Waals surface area (Å²) in [6.45, 7) is 2.03. The van der Waals surface area contributed by atoms with Gasteiger partial charge in [-0.15, -0.1) is 0 Å². The van der Waals surface area contributed by atoms with Crippen LogP contribution in [0, 0.1) is 17.2 Å². The highest BCUT2D eigenvalue weighted by molar-refractivity contribution is 6.02. The van der Waals surface area contributed by atoms with Gasteiger partial charge in [-0.25, -0.2) is 0 Å². The van der Waals surface area contributed by atoms with Gasteiger partial charge in [0.2, 0.25) is 0 Å². The smallest absolute Gasteiger partial charge is 0.348 e. The fourth-order valence-corrected chi connectivity index (χ4v) is 2.96. The fraction of sp³-hybridized carbons (Fsp3) is 0.444. The third-order valence-electron chi connectivity index (χ3n) is 4.36. The second-order valence-corrected chi connectivity index (χ2v) is 6.10. The van der Waals surface area contributed by atoms with Crippen molar-refractivity contribution in [3.63, 3.8) is 0 Å². The van der Waals surface area contributed by atoms with Gasteiger partial charge in [-0.2, -0.15) is 18.4 Å². The van der Waals surface area contributed by atoms with E-state index in [2.05, 4.69) is 5.32 Å². The number of nitrogens with zero attached hydrogens (tertiary/aromatic N) is 1. The number of nitrogens with one attached hydrogen (secondary N) is 1. The first-order valence-corrected chi connectivity index (χ1v) is 7.92. The van der Waals surface area contributed by atoms with Crippen LogP contribution in [0.5, 0.6) is 0 Å². The van der Waals surface area contributed by atoms with Gasteiger partial charge >= 0.3 is 6.18 Å². The molecule has 0 aliphatic heterocycles. The molecule has 1 aliphatic carbocycles. The van der Waals surface area contributed by atoms with Crippen LogP contribution in [0.4, 0.5) is 13.2 Å². The number of carbonyl (C=O) groups is 1. The number of halogens is 3. The number of benzene rings is 1. The topological polar surface area (TPSA) is 52.9 Å². The number of nitriles is 1. The molecule has 0 heterocycles. The third kappa shape index (κ3) is 4.38. The monoisotopic (exact) mass is 336 g/mol. The van der Waals surface area contributed by atoms with E-state index in [0.29, 0.717) is 5.92 Å². The van der Waals surface area contributed by atoms with Gasteiger partial charge in [-0.1, -0.05) is 38.0 Å². The van der Waals surface area contributed by atoms with Crippen molar-refractivity contribution in [2.45, 2.75) is 44.8 Å². The molecule has 0 aromatic heterocycles. The van der Waals surface area contributed by atoms with Crippen molar-refractivity contribution in [2.24, 2.45) is 5.92 Å². The number of carbonyl (C=O) groups excluding carboxylic acids is 1. The van der Waals surface area contributed by atoms with Gasteiger partial charge in [-0.05, 0) is 36.5 Å². The van der Waals surface area contributed by atoms with Crippen LogP contribution >= 0.6 is 0 Å². The highest BCUT2D eigenvalue weighted by Crippen LogP contribution is 2.33. The van der Waals surface area contributed by atoms with E-state index in [1.165, 1.54) is 18.2 Å². The lowest BCUT2D eigenvalue weighted by molar-refractivity contribution is -0.137. The quantitative estimate of drug-likeness (QED) is 0.661. The minimum absolute atomic E-state index is 0.0409. The summed E-state index contributed by atoms with van der Waals surface area (Å²) in [6, 6.07) is 6.57. The molecule has 1 aliphatic rings. The van der Waals surface area contributed by atoms with Crippen molar-refractivity contribution in [1.29, 1.82) is 5.26 Å². The van der Waals surface area contributed by atoms with Crippen LogP contribution in [0.2, 0.25) is 0 Å². The van der Waals surface area contributed by atoms with Gasteiger partial charge in [0.25, 0.3) is 5.91 Å². The molecular formula is C18H19F3N2O. The van der Waals surface area contributed by atoms with Crippen molar-refractivity contribution < 1.29 is 18.0 Å². The number of alkyl halides is 3. The van der Waals surface area contributed by atoms with Gasteiger partial charge < -0.3 is 5.32 Å². The average Bonchev–Trinajstić information content (AvgIpc) is 2.54. The Morgan fingerprint density at radius 2 is 1.96 bits per heavy atom. The van der Waals surface area contributed by atoms with E-state index in [-0.39, 0.29) is 17.2 Å². The summed E-state index contributed by atoms with van der Waals surface area (Å²) in [7, 11) is 0. The Morgan fingerprint density at radius 1 is 1.29 bits per heavy atom. The van der Waals surface area contributed by atoms with Gasteiger partial charge in [0.05, 0.1) is 5.56 Å². The first-order valence-electron chi connectivity index (χ1n) is 7.92. The average molecular weight is 336 g/mol. The number of rotatable bonds is 3. The first-order chi connectivity index (χ1) is 11.3. The largest absolute Gasteiger partial charge is 0.416 e. The first kappa shape index (κ1) is 18.1. The van der Waals surface area contributed by atoms with E-state index in [0.717, 1.165) is 37.8 Å². The van der Waals surface area contributed by atoms with Gasteiger partial charge in [0.1, 0.15) is 11.6 Å². The van der Waals surface area contributed by atoms with Crippen molar-refractivity contribution >= 4 is 12.0 Å². The maximum Gasteiger partial charge on any atom is 0.416 e. The molecule has 3 nitrogen and oxygen atoms in total. The SMILES string of the molecule is C[C@H]1CCCC[C@H]1NC(=O)/C(C#N)=C/c1ccccc1C(F)(F)F. The van der Waals surface area contributed by atoms with Crippen LogP contribution in [0.1, 0.15) is 43.7 Å². The molecule has 0 bridgehead atoms. The Labute approximate surface area is 139 Å². The zero-order valence-corrected chi connectivity index (χ0v) is 13.4. The highest BCUT2D eigenvalue weighted by atomic mass is 19.4. The Hall–Kier alpha value is -2.29. The van der Waals surface area contributed by atoms with Crippen LogP contribution in [0.3, 0.4) is 0 Å². The zero-order valence-electron chi connectivity index (χ0n) is 13.4. The minimum Gasteiger partial charge on any atom is -0.348 e. The molecule has 0 radical (unpaired) electrons. The molecule has 1 aromatic carbocycles. The summed E-state index contributed by atoms with van der Waals surface area (Å²) in [4.78, 5) is 12.3. The maximum atomic E-state index is 13.0. The molecule has 0 spiro atoms. The zero-order chi connectivity index (χ0) is 17.7. The van der Waals surface area contributed by atoms with Gasteiger partial charge in [-0.3, -0.25) is 4.79 Å². The number of hydrogen-bond donors (Lipinski definition) is 1. The predicted molar refractivity (Wildman–Crippen MR) is 84.6 cm³/mol. The van der Waals surface area contributed by atoms with Crippen LogP contribution in [0.15, 0.2) is 29.8 Å². The molecule has 1 saturated carbocycles. The van der Waals surface area contributed by atoms with E-state index in [1.807, 2.05) is 6.92 Å². The summed E-state index contributed by atoms with van der Waals surface area (Å²) >= 11 is 0. The number of hydrogen-bond acceptors (Lipinski definition) is 2. The molecule has 128 valence electrons. The van der Waals surface area contributed by atoms with Crippen LogP contribution in [0.25, 0.3) is 6.08 Å².